The Labute approximate surface area is 144 Å². The first-order valence-electron chi connectivity index (χ1n) is 7.84. The number of imide groups is 1. The van der Waals surface area contributed by atoms with E-state index in [1.807, 2.05) is 38.1 Å². The molecule has 1 atom stereocenters. The fourth-order valence-corrected chi connectivity index (χ4v) is 2.38. The molecular weight excluding hydrogens is 302 g/mol. The minimum Gasteiger partial charge on any atom is -0.399 e. The van der Waals surface area contributed by atoms with Gasteiger partial charge in [-0.3, -0.25) is 14.5 Å². The van der Waals surface area contributed by atoms with Gasteiger partial charge in [0.1, 0.15) is 0 Å². The van der Waals surface area contributed by atoms with Gasteiger partial charge in [0.2, 0.25) is 5.91 Å². The topological polar surface area (TPSA) is 66.6 Å². The molecule has 0 aromatic carbocycles. The van der Waals surface area contributed by atoms with E-state index in [1.165, 1.54) is 11.8 Å². The summed E-state index contributed by atoms with van der Waals surface area (Å²) in [5.74, 6) is -0.749. The van der Waals surface area contributed by atoms with Gasteiger partial charge in [-0.15, -0.1) is 6.58 Å². The highest BCUT2D eigenvalue weighted by Crippen LogP contribution is 2.27. The molecule has 2 amide bonds. The van der Waals surface area contributed by atoms with Crippen LogP contribution in [0.25, 0.3) is 0 Å². The number of likely N-dealkylation sites (N-methyl/N-ethyl adjacent to an activating group) is 1. The maximum Gasteiger partial charge on any atom is 0.261 e. The first-order valence-corrected chi connectivity index (χ1v) is 7.84. The normalized spacial score (nSPS) is 17.4. The molecular formula is C19H27N3O2. The summed E-state index contributed by atoms with van der Waals surface area (Å²) in [5.41, 5.74) is 8.28. The second-order valence-corrected chi connectivity index (χ2v) is 6.18. The molecule has 5 heteroatoms. The first kappa shape index (κ1) is 19.6. The zero-order chi connectivity index (χ0) is 18.4. The predicted octanol–water partition coefficient (Wildman–Crippen LogP) is 2.01. The fraction of sp³-hybridized carbons (Fsp3) is 0.368. The van der Waals surface area contributed by atoms with E-state index in [9.17, 15) is 9.59 Å². The van der Waals surface area contributed by atoms with Crippen molar-refractivity contribution >= 4 is 11.8 Å². The van der Waals surface area contributed by atoms with E-state index in [2.05, 4.69) is 13.2 Å². The number of nitrogens with two attached hydrogens (primary N) is 1. The van der Waals surface area contributed by atoms with Crippen LogP contribution < -0.4 is 5.73 Å². The molecule has 1 aliphatic carbocycles. The Hall–Kier alpha value is -2.40. The molecule has 2 N–H and O–H groups in total. The number of allylic oxidation sites excluding steroid dienone is 5. The van der Waals surface area contributed by atoms with Crippen molar-refractivity contribution in [3.05, 3.63) is 59.9 Å². The molecule has 1 unspecified atom stereocenters. The molecule has 130 valence electrons. The van der Waals surface area contributed by atoms with Gasteiger partial charge in [-0.1, -0.05) is 30.4 Å². The molecule has 0 radical (unpaired) electrons. The van der Waals surface area contributed by atoms with Crippen LogP contribution in [0.1, 0.15) is 13.8 Å². The van der Waals surface area contributed by atoms with Crippen molar-refractivity contribution in [1.29, 1.82) is 0 Å². The van der Waals surface area contributed by atoms with E-state index < -0.39 is 0 Å². The van der Waals surface area contributed by atoms with Crippen molar-refractivity contribution in [2.24, 2.45) is 11.7 Å². The van der Waals surface area contributed by atoms with Crippen molar-refractivity contribution in [2.45, 2.75) is 13.8 Å². The van der Waals surface area contributed by atoms with Gasteiger partial charge in [0, 0.05) is 37.2 Å². The second-order valence-electron chi connectivity index (χ2n) is 6.18. The summed E-state index contributed by atoms with van der Waals surface area (Å²) < 4.78 is 0. The molecule has 0 spiro atoms. The standard InChI is InChI=1S/C19H27N3O2/c1-7-15-10-16(20)12-18(17(11-15)13(2)3)19(24)22(14(4)23)9-8-21(5)6/h7,10-12,15H,1-2,8-9,20H2,3-6H3. The molecule has 0 aromatic heterocycles. The number of rotatable bonds is 6. The van der Waals surface area contributed by atoms with E-state index in [0.717, 1.165) is 5.57 Å². The van der Waals surface area contributed by atoms with Gasteiger partial charge in [-0.05, 0) is 32.7 Å². The van der Waals surface area contributed by atoms with Crippen molar-refractivity contribution in [1.82, 2.24) is 9.80 Å². The lowest BCUT2D eigenvalue weighted by molar-refractivity contribution is -0.141. The lowest BCUT2D eigenvalue weighted by Crippen LogP contribution is -2.41. The van der Waals surface area contributed by atoms with Gasteiger partial charge in [-0.25, -0.2) is 0 Å². The average Bonchev–Trinajstić information content (AvgIpc) is 2.65. The van der Waals surface area contributed by atoms with Crippen LogP contribution in [-0.2, 0) is 9.59 Å². The van der Waals surface area contributed by atoms with Crippen molar-refractivity contribution in [3.8, 4) is 0 Å². The number of amides is 2. The fourth-order valence-electron chi connectivity index (χ4n) is 2.38. The van der Waals surface area contributed by atoms with Gasteiger partial charge >= 0.3 is 0 Å². The van der Waals surface area contributed by atoms with Crippen LogP contribution in [0.5, 0.6) is 0 Å². The van der Waals surface area contributed by atoms with Crippen LogP contribution >= 0.6 is 0 Å². The SMILES string of the molecule is C=CC1C=C(N)C=C(C(=O)N(CCN(C)C)C(C)=O)C(C(=C)C)=C1. The Morgan fingerprint density at radius 3 is 2.29 bits per heavy atom. The van der Waals surface area contributed by atoms with Crippen LogP contribution in [0, 0.1) is 5.92 Å². The summed E-state index contributed by atoms with van der Waals surface area (Å²) in [6.45, 7) is 11.9. The van der Waals surface area contributed by atoms with Crippen LogP contribution in [0.4, 0.5) is 0 Å². The van der Waals surface area contributed by atoms with Crippen molar-refractivity contribution in [3.63, 3.8) is 0 Å². The predicted molar refractivity (Wildman–Crippen MR) is 97.9 cm³/mol. The molecule has 0 fully saturated rings. The van der Waals surface area contributed by atoms with Gasteiger partial charge in [0.15, 0.2) is 0 Å². The van der Waals surface area contributed by atoms with Crippen molar-refractivity contribution in [2.75, 3.05) is 27.2 Å². The third-order valence-corrected chi connectivity index (χ3v) is 3.70. The highest BCUT2D eigenvalue weighted by atomic mass is 16.2. The molecule has 0 aromatic rings. The Bertz CT molecular complexity index is 639. The summed E-state index contributed by atoms with van der Waals surface area (Å²) in [6, 6.07) is 0. The number of hydrogen-bond acceptors (Lipinski definition) is 4. The Kier molecular flexibility index (Phi) is 6.92. The van der Waals surface area contributed by atoms with Gasteiger partial charge < -0.3 is 10.6 Å². The van der Waals surface area contributed by atoms with E-state index in [1.54, 1.807) is 12.2 Å². The maximum atomic E-state index is 13.0. The van der Waals surface area contributed by atoms with Crippen LogP contribution in [0.3, 0.4) is 0 Å². The summed E-state index contributed by atoms with van der Waals surface area (Å²) in [6.07, 6.45) is 7.06. The highest BCUT2D eigenvalue weighted by molar-refractivity contribution is 6.07. The summed E-state index contributed by atoms with van der Waals surface area (Å²) >= 11 is 0. The third kappa shape index (κ3) is 5.06. The monoisotopic (exact) mass is 329 g/mol. The minimum absolute atomic E-state index is 0.0918. The molecule has 1 rings (SSSR count). The number of carbonyl (C=O) groups excluding carboxylic acids is 2. The molecule has 5 nitrogen and oxygen atoms in total. The third-order valence-electron chi connectivity index (χ3n) is 3.70. The molecule has 1 aliphatic rings. The lowest BCUT2D eigenvalue weighted by atomic mass is 9.95. The molecule has 24 heavy (non-hydrogen) atoms. The number of carbonyl (C=O) groups is 2. The van der Waals surface area contributed by atoms with Gasteiger partial charge in [-0.2, -0.15) is 0 Å². The van der Waals surface area contributed by atoms with E-state index in [0.29, 0.717) is 29.9 Å². The average molecular weight is 329 g/mol. The zero-order valence-electron chi connectivity index (χ0n) is 15.0. The summed E-state index contributed by atoms with van der Waals surface area (Å²) in [5, 5.41) is 0. The highest BCUT2D eigenvalue weighted by Gasteiger charge is 2.26. The van der Waals surface area contributed by atoms with E-state index >= 15 is 0 Å². The summed E-state index contributed by atoms with van der Waals surface area (Å²) in [7, 11) is 3.78. The molecule has 0 heterocycles. The van der Waals surface area contributed by atoms with Gasteiger partial charge in [0.05, 0.1) is 0 Å². The Balaban J connectivity index is 3.29. The minimum atomic E-state index is -0.361. The Morgan fingerprint density at radius 1 is 1.21 bits per heavy atom. The largest absolute Gasteiger partial charge is 0.399 e. The van der Waals surface area contributed by atoms with Gasteiger partial charge in [0.25, 0.3) is 5.91 Å². The summed E-state index contributed by atoms with van der Waals surface area (Å²) in [4.78, 5) is 28.1. The van der Waals surface area contributed by atoms with E-state index in [4.69, 9.17) is 5.73 Å². The molecule has 0 saturated heterocycles. The molecule has 0 aliphatic heterocycles. The maximum absolute atomic E-state index is 13.0. The molecule has 0 saturated carbocycles. The Morgan fingerprint density at radius 2 is 1.83 bits per heavy atom. The number of hydrogen-bond donors (Lipinski definition) is 1. The quantitative estimate of drug-likeness (QED) is 0.757. The zero-order valence-corrected chi connectivity index (χ0v) is 15.0. The van der Waals surface area contributed by atoms with Crippen molar-refractivity contribution < 1.29 is 9.59 Å². The second kappa shape index (κ2) is 8.45. The van der Waals surface area contributed by atoms with E-state index in [-0.39, 0.29) is 17.7 Å². The van der Waals surface area contributed by atoms with Crippen LogP contribution in [0.15, 0.2) is 59.9 Å². The molecule has 0 bridgehead atoms. The number of nitrogens with zero attached hydrogens (tertiary/aromatic N) is 2. The first-order chi connectivity index (χ1) is 11.2. The van der Waals surface area contributed by atoms with Crippen LogP contribution in [0.2, 0.25) is 0 Å². The van der Waals surface area contributed by atoms with Crippen LogP contribution in [-0.4, -0.2) is 48.8 Å². The smallest absolute Gasteiger partial charge is 0.261 e. The lowest BCUT2D eigenvalue weighted by Gasteiger charge is -2.23.